The first-order valence-electron chi connectivity index (χ1n) is 11.6. The molecule has 1 amide bonds. The summed E-state index contributed by atoms with van der Waals surface area (Å²) >= 11 is 0. The van der Waals surface area contributed by atoms with Gasteiger partial charge in [-0.05, 0) is 17.7 Å². The van der Waals surface area contributed by atoms with Crippen LogP contribution < -0.4 is 9.47 Å². The van der Waals surface area contributed by atoms with Crippen LogP contribution in [0.25, 0.3) is 0 Å². The lowest BCUT2D eigenvalue weighted by atomic mass is 10.1. The van der Waals surface area contributed by atoms with Gasteiger partial charge in [-0.3, -0.25) is 9.69 Å². The molecule has 0 saturated carbocycles. The first-order valence-corrected chi connectivity index (χ1v) is 13.0. The van der Waals surface area contributed by atoms with E-state index in [0.717, 1.165) is 24.1 Å². The van der Waals surface area contributed by atoms with Gasteiger partial charge in [0.2, 0.25) is 10.0 Å². The highest BCUT2D eigenvalue weighted by molar-refractivity contribution is 7.89. The van der Waals surface area contributed by atoms with E-state index in [-0.39, 0.29) is 17.3 Å². The Balaban J connectivity index is 1.18. The number of hydrogen-bond acceptors (Lipinski definition) is 7. The summed E-state index contributed by atoms with van der Waals surface area (Å²) in [6.07, 6.45) is 1.49. The number of sulfonamides is 1. The summed E-state index contributed by atoms with van der Waals surface area (Å²) in [6, 6.07) is 14.6. The minimum Gasteiger partial charge on any atom is -0.490 e. The molecular weight excluding hydrogens is 456 g/mol. The molecule has 3 heterocycles. The summed E-state index contributed by atoms with van der Waals surface area (Å²) in [5.74, 6) is 0.966. The van der Waals surface area contributed by atoms with Crippen LogP contribution in [-0.2, 0) is 14.8 Å². The molecule has 0 N–H and O–H groups in total. The van der Waals surface area contributed by atoms with Gasteiger partial charge in [-0.1, -0.05) is 30.3 Å². The topological polar surface area (TPSA) is 91.8 Å². The van der Waals surface area contributed by atoms with Crippen LogP contribution in [-0.4, -0.2) is 86.7 Å². The summed E-state index contributed by atoms with van der Waals surface area (Å²) in [5, 5.41) is 6.04. The van der Waals surface area contributed by atoms with Gasteiger partial charge in [-0.2, -0.15) is 9.41 Å². The molecule has 0 radical (unpaired) electrons. The molecule has 0 atom stereocenters. The van der Waals surface area contributed by atoms with Crippen molar-refractivity contribution < 1.29 is 22.7 Å². The lowest BCUT2D eigenvalue weighted by Crippen LogP contribution is -2.50. The van der Waals surface area contributed by atoms with Crippen LogP contribution in [0.3, 0.4) is 0 Å². The van der Waals surface area contributed by atoms with Gasteiger partial charge in [-0.25, -0.2) is 13.4 Å². The number of benzene rings is 2. The van der Waals surface area contributed by atoms with Crippen molar-refractivity contribution in [3.63, 3.8) is 0 Å². The van der Waals surface area contributed by atoms with Crippen molar-refractivity contribution in [2.45, 2.75) is 17.7 Å². The first-order chi connectivity index (χ1) is 16.5. The SMILES string of the molecule is O=C(CN1CCN(S(=O)(=O)c2ccc3c(c2)OCCCO3)CC1)N1CCC(c2ccccc2)=N1. The van der Waals surface area contributed by atoms with E-state index in [2.05, 4.69) is 5.10 Å². The van der Waals surface area contributed by atoms with Gasteiger partial charge in [0.15, 0.2) is 11.5 Å². The average Bonchev–Trinajstić information content (AvgIpc) is 3.24. The van der Waals surface area contributed by atoms with Crippen LogP contribution in [0.4, 0.5) is 0 Å². The zero-order valence-electron chi connectivity index (χ0n) is 18.9. The molecule has 3 aliphatic heterocycles. The van der Waals surface area contributed by atoms with Gasteiger partial charge in [0.25, 0.3) is 5.91 Å². The maximum absolute atomic E-state index is 13.2. The van der Waals surface area contributed by atoms with Crippen molar-refractivity contribution in [3.05, 3.63) is 54.1 Å². The number of carbonyl (C=O) groups is 1. The average molecular weight is 485 g/mol. The number of fused-ring (bicyclic) bond motifs is 1. The van der Waals surface area contributed by atoms with Crippen LogP contribution in [0, 0.1) is 0 Å². The lowest BCUT2D eigenvalue weighted by Gasteiger charge is -2.34. The number of ether oxygens (including phenoxy) is 2. The van der Waals surface area contributed by atoms with E-state index in [9.17, 15) is 13.2 Å². The number of piperazine rings is 1. The van der Waals surface area contributed by atoms with Gasteiger partial charge >= 0.3 is 0 Å². The monoisotopic (exact) mass is 484 g/mol. The maximum atomic E-state index is 13.2. The third-order valence-corrected chi connectivity index (χ3v) is 8.14. The van der Waals surface area contributed by atoms with Crippen molar-refractivity contribution in [1.29, 1.82) is 0 Å². The summed E-state index contributed by atoms with van der Waals surface area (Å²) < 4.78 is 39.1. The standard InChI is InChI=1S/C24H28N4O5S/c29-24(28-10-9-21(25-28)19-5-2-1-3-6-19)18-26-11-13-27(14-12-26)34(30,31)20-7-8-22-23(17-20)33-16-4-15-32-22/h1-3,5-8,17H,4,9-16,18H2. The zero-order valence-corrected chi connectivity index (χ0v) is 19.7. The Bertz CT molecular complexity index is 1180. The van der Waals surface area contributed by atoms with Crippen LogP contribution >= 0.6 is 0 Å². The number of hydrogen-bond donors (Lipinski definition) is 0. The highest BCUT2D eigenvalue weighted by atomic mass is 32.2. The molecule has 34 heavy (non-hydrogen) atoms. The number of hydrazone groups is 1. The minimum absolute atomic E-state index is 0.0647. The molecule has 0 bridgehead atoms. The zero-order chi connectivity index (χ0) is 23.5. The number of rotatable bonds is 5. The third-order valence-electron chi connectivity index (χ3n) is 6.24. The van der Waals surface area contributed by atoms with Gasteiger partial charge in [-0.15, -0.1) is 0 Å². The molecule has 0 aliphatic carbocycles. The lowest BCUT2D eigenvalue weighted by molar-refractivity contribution is -0.132. The third kappa shape index (κ3) is 4.79. The molecule has 0 unspecified atom stereocenters. The normalized spacial score (nSPS) is 19.5. The molecule has 3 aliphatic rings. The van der Waals surface area contributed by atoms with Crippen LogP contribution in [0.5, 0.6) is 11.5 Å². The summed E-state index contributed by atoms with van der Waals surface area (Å²) in [5.41, 5.74) is 1.95. The Labute approximate surface area is 199 Å². The molecule has 0 aromatic heterocycles. The number of carbonyl (C=O) groups excluding carboxylic acids is 1. The molecule has 9 nitrogen and oxygen atoms in total. The second-order valence-corrected chi connectivity index (χ2v) is 10.5. The fraction of sp³-hybridized carbons (Fsp3) is 0.417. The molecule has 2 aromatic carbocycles. The highest BCUT2D eigenvalue weighted by Gasteiger charge is 2.31. The Hall–Kier alpha value is -2.95. The second-order valence-electron chi connectivity index (χ2n) is 8.52. The van der Waals surface area contributed by atoms with E-state index in [4.69, 9.17) is 9.47 Å². The largest absolute Gasteiger partial charge is 0.490 e. The molecule has 180 valence electrons. The van der Waals surface area contributed by atoms with Crippen molar-refractivity contribution in [3.8, 4) is 11.5 Å². The Morgan fingerprint density at radius 1 is 0.912 bits per heavy atom. The first kappa shape index (κ1) is 22.8. The Kier molecular flexibility index (Phi) is 6.53. The van der Waals surface area contributed by atoms with Crippen molar-refractivity contribution in [2.75, 3.05) is 52.5 Å². The number of nitrogens with zero attached hydrogens (tertiary/aromatic N) is 4. The van der Waals surface area contributed by atoms with Crippen molar-refractivity contribution in [2.24, 2.45) is 5.10 Å². The predicted molar refractivity (Wildman–Crippen MR) is 127 cm³/mol. The number of amides is 1. The summed E-state index contributed by atoms with van der Waals surface area (Å²) in [7, 11) is -3.66. The highest BCUT2D eigenvalue weighted by Crippen LogP contribution is 2.33. The fourth-order valence-electron chi connectivity index (χ4n) is 4.32. The smallest absolute Gasteiger partial charge is 0.256 e. The van der Waals surface area contributed by atoms with E-state index in [1.54, 1.807) is 18.2 Å². The molecule has 1 saturated heterocycles. The Morgan fingerprint density at radius 2 is 1.65 bits per heavy atom. The van der Waals surface area contributed by atoms with E-state index >= 15 is 0 Å². The van der Waals surface area contributed by atoms with E-state index in [1.807, 2.05) is 35.2 Å². The molecule has 5 rings (SSSR count). The molecule has 10 heteroatoms. The van der Waals surface area contributed by atoms with Gasteiger partial charge in [0, 0.05) is 45.1 Å². The van der Waals surface area contributed by atoms with Crippen LogP contribution in [0.15, 0.2) is 58.5 Å². The van der Waals surface area contributed by atoms with Gasteiger partial charge < -0.3 is 9.47 Å². The Morgan fingerprint density at radius 3 is 2.41 bits per heavy atom. The summed E-state index contributed by atoms with van der Waals surface area (Å²) in [6.45, 7) is 3.46. The molecule has 0 spiro atoms. The second kappa shape index (κ2) is 9.73. The van der Waals surface area contributed by atoms with Crippen molar-refractivity contribution in [1.82, 2.24) is 14.2 Å². The van der Waals surface area contributed by atoms with E-state index < -0.39 is 10.0 Å². The fourth-order valence-corrected chi connectivity index (χ4v) is 5.76. The minimum atomic E-state index is -3.66. The van der Waals surface area contributed by atoms with E-state index in [1.165, 1.54) is 9.31 Å². The predicted octanol–water partition coefficient (Wildman–Crippen LogP) is 1.79. The quantitative estimate of drug-likeness (QED) is 0.643. The van der Waals surface area contributed by atoms with Crippen molar-refractivity contribution >= 4 is 21.6 Å². The van der Waals surface area contributed by atoms with Crippen LogP contribution in [0.1, 0.15) is 18.4 Å². The van der Waals surface area contributed by atoms with Gasteiger partial charge in [0.05, 0.1) is 36.9 Å². The summed E-state index contributed by atoms with van der Waals surface area (Å²) in [4.78, 5) is 15.0. The molecule has 2 aromatic rings. The molecule has 1 fully saturated rings. The van der Waals surface area contributed by atoms with Gasteiger partial charge in [0.1, 0.15) is 0 Å². The molecular formula is C24H28N4O5S. The maximum Gasteiger partial charge on any atom is 0.256 e. The van der Waals surface area contributed by atoms with E-state index in [0.29, 0.717) is 57.4 Å². The van der Waals surface area contributed by atoms with Crippen LogP contribution in [0.2, 0.25) is 0 Å².